The lowest BCUT2D eigenvalue weighted by atomic mass is 9.64. The number of carbonyl (C=O) groups is 2. The Hall–Kier alpha value is -2.58. The van der Waals surface area contributed by atoms with E-state index < -0.39 is 66.7 Å². The molecule has 1 aromatic rings. The number of alkyl halides is 6. The van der Waals surface area contributed by atoms with E-state index in [9.17, 15) is 46.1 Å². The summed E-state index contributed by atoms with van der Waals surface area (Å²) in [6, 6.07) is 4.83. The van der Waals surface area contributed by atoms with Crippen LogP contribution in [0.1, 0.15) is 25.3 Å². The number of esters is 2. The molecule has 1 aliphatic heterocycles. The largest absolute Gasteiger partial charge is 0.466 e. The lowest BCUT2D eigenvalue weighted by molar-refractivity contribution is -0.376. The van der Waals surface area contributed by atoms with E-state index in [0.29, 0.717) is 5.69 Å². The molecule has 1 aromatic carbocycles. The van der Waals surface area contributed by atoms with Crippen LogP contribution in [-0.2, 0) is 19.1 Å². The molecule has 1 unspecified atom stereocenters. The van der Waals surface area contributed by atoms with E-state index in [1.165, 1.54) is 26.0 Å². The summed E-state index contributed by atoms with van der Waals surface area (Å²) in [4.78, 5) is 27.1. The van der Waals surface area contributed by atoms with Crippen LogP contribution in [0.5, 0.6) is 0 Å². The smallest absolute Gasteiger partial charge is 0.432 e. The van der Waals surface area contributed by atoms with E-state index in [-0.39, 0.29) is 5.56 Å². The molecule has 0 bridgehead atoms. The SMILES string of the molecule is CCOC(=O)[C@@H]1C(c2ccc(N(C)C)cc2)[C@H](C(=O)OCC)[C@@](O)(C(F)(F)F)N[C@]1(O)C(F)(F)F. The maximum Gasteiger partial charge on any atom is 0.432 e. The first kappa shape index (κ1) is 28.7. The highest BCUT2D eigenvalue weighted by Gasteiger charge is 2.78. The van der Waals surface area contributed by atoms with E-state index in [1.807, 2.05) is 0 Å². The summed E-state index contributed by atoms with van der Waals surface area (Å²) in [5.41, 5.74) is -9.17. The highest BCUT2D eigenvalue weighted by Crippen LogP contribution is 2.55. The number of nitrogens with one attached hydrogen (secondary N) is 1. The summed E-state index contributed by atoms with van der Waals surface area (Å²) < 4.78 is 94.1. The second-order valence-corrected chi connectivity index (χ2v) is 8.12. The zero-order chi connectivity index (χ0) is 27.0. The van der Waals surface area contributed by atoms with Gasteiger partial charge < -0.3 is 24.6 Å². The molecule has 198 valence electrons. The average molecular weight is 516 g/mol. The van der Waals surface area contributed by atoms with E-state index in [1.54, 1.807) is 19.0 Å². The predicted molar refractivity (Wildman–Crippen MR) is 109 cm³/mol. The summed E-state index contributed by atoms with van der Waals surface area (Å²) in [5.74, 6) is -11.5. The van der Waals surface area contributed by atoms with Gasteiger partial charge in [0.25, 0.3) is 0 Å². The van der Waals surface area contributed by atoms with Crippen LogP contribution in [0.25, 0.3) is 0 Å². The van der Waals surface area contributed by atoms with Crippen molar-refractivity contribution in [1.82, 2.24) is 5.32 Å². The Morgan fingerprint density at radius 1 is 0.886 bits per heavy atom. The van der Waals surface area contributed by atoms with Crippen molar-refractivity contribution in [2.24, 2.45) is 11.8 Å². The lowest BCUT2D eigenvalue weighted by Crippen LogP contribution is -2.81. The van der Waals surface area contributed by atoms with Crippen LogP contribution < -0.4 is 10.2 Å². The predicted octanol–water partition coefficient (Wildman–Crippen LogP) is 2.30. The number of hydrogen-bond donors (Lipinski definition) is 3. The molecule has 2 rings (SSSR count). The Morgan fingerprint density at radius 3 is 1.54 bits per heavy atom. The van der Waals surface area contributed by atoms with Crippen LogP contribution in [0, 0.1) is 11.8 Å². The number of halogens is 6. The number of hydrogen-bond acceptors (Lipinski definition) is 8. The van der Waals surface area contributed by atoms with Crippen LogP contribution in [0.15, 0.2) is 24.3 Å². The number of anilines is 1. The summed E-state index contributed by atoms with van der Waals surface area (Å²) in [7, 11) is 3.24. The van der Waals surface area contributed by atoms with Gasteiger partial charge in [0.05, 0.1) is 13.2 Å². The fourth-order valence-corrected chi connectivity index (χ4v) is 4.13. The third-order valence-corrected chi connectivity index (χ3v) is 5.74. The van der Waals surface area contributed by atoms with Gasteiger partial charge in [0.2, 0.25) is 11.4 Å². The van der Waals surface area contributed by atoms with Crippen molar-refractivity contribution < 1.29 is 55.6 Å². The zero-order valence-electron chi connectivity index (χ0n) is 19.2. The fraction of sp³-hybridized carbons (Fsp3) is 0.619. The van der Waals surface area contributed by atoms with Gasteiger partial charge in [-0.05, 0) is 31.5 Å². The Labute approximate surface area is 196 Å². The second-order valence-electron chi connectivity index (χ2n) is 8.12. The van der Waals surface area contributed by atoms with Gasteiger partial charge in [0.1, 0.15) is 11.8 Å². The molecule has 5 atom stereocenters. The van der Waals surface area contributed by atoms with Crippen molar-refractivity contribution in [2.45, 2.75) is 43.6 Å². The molecule has 0 amide bonds. The molecule has 0 aliphatic carbocycles. The number of aliphatic hydroxyl groups is 2. The van der Waals surface area contributed by atoms with Gasteiger partial charge in [-0.25, -0.2) is 5.32 Å². The third kappa shape index (κ3) is 5.05. The maximum atomic E-state index is 14.1. The number of ether oxygens (including phenoxy) is 2. The van der Waals surface area contributed by atoms with Gasteiger partial charge in [-0.3, -0.25) is 9.59 Å². The normalized spacial score (nSPS) is 29.4. The minimum atomic E-state index is -5.93. The van der Waals surface area contributed by atoms with E-state index in [0.717, 1.165) is 17.4 Å². The maximum absolute atomic E-state index is 14.1. The van der Waals surface area contributed by atoms with Gasteiger partial charge in [-0.1, -0.05) is 12.1 Å². The molecular weight excluding hydrogens is 490 g/mol. The number of rotatable bonds is 6. The summed E-state index contributed by atoms with van der Waals surface area (Å²) >= 11 is 0. The second kappa shape index (κ2) is 9.82. The first-order valence-corrected chi connectivity index (χ1v) is 10.4. The van der Waals surface area contributed by atoms with Crippen LogP contribution in [-0.4, -0.2) is 73.3 Å². The Bertz CT molecular complexity index is 874. The highest BCUT2D eigenvalue weighted by molar-refractivity contribution is 5.81. The third-order valence-electron chi connectivity index (χ3n) is 5.74. The summed E-state index contributed by atoms with van der Waals surface area (Å²) in [5, 5.41) is 22.0. The molecule has 8 nitrogen and oxygen atoms in total. The Balaban J connectivity index is 2.96. The molecule has 0 saturated carbocycles. The minimum Gasteiger partial charge on any atom is -0.466 e. The fourth-order valence-electron chi connectivity index (χ4n) is 4.13. The molecular formula is C21H26F6N2O6. The van der Waals surface area contributed by atoms with Gasteiger partial charge in [-0.15, -0.1) is 0 Å². The molecule has 14 heteroatoms. The first-order chi connectivity index (χ1) is 16.0. The van der Waals surface area contributed by atoms with Gasteiger partial charge in [0, 0.05) is 25.7 Å². The zero-order valence-corrected chi connectivity index (χ0v) is 19.2. The van der Waals surface area contributed by atoms with Crippen molar-refractivity contribution in [3.8, 4) is 0 Å². The summed E-state index contributed by atoms with van der Waals surface area (Å²) in [6.45, 7) is 1.50. The van der Waals surface area contributed by atoms with E-state index in [4.69, 9.17) is 0 Å². The molecule has 0 radical (unpaired) electrons. The average Bonchev–Trinajstić information content (AvgIpc) is 2.71. The van der Waals surface area contributed by atoms with Crippen LogP contribution in [0.3, 0.4) is 0 Å². The molecule has 1 saturated heterocycles. The topological polar surface area (TPSA) is 108 Å². The highest BCUT2D eigenvalue weighted by atomic mass is 19.4. The Kier molecular flexibility index (Phi) is 8.04. The number of nitrogens with zero attached hydrogens (tertiary/aromatic N) is 1. The van der Waals surface area contributed by atoms with E-state index in [2.05, 4.69) is 9.47 Å². The van der Waals surface area contributed by atoms with Crippen molar-refractivity contribution >= 4 is 17.6 Å². The number of carbonyl (C=O) groups excluding carboxylic acids is 2. The minimum absolute atomic E-state index is 0.376. The number of benzene rings is 1. The quantitative estimate of drug-likeness (QED) is 0.391. The molecule has 35 heavy (non-hydrogen) atoms. The molecule has 1 fully saturated rings. The van der Waals surface area contributed by atoms with Crippen LogP contribution in [0.2, 0.25) is 0 Å². The van der Waals surface area contributed by atoms with Gasteiger partial charge in [0.15, 0.2) is 0 Å². The molecule has 3 N–H and O–H groups in total. The van der Waals surface area contributed by atoms with Gasteiger partial charge in [-0.2, -0.15) is 26.3 Å². The van der Waals surface area contributed by atoms with E-state index >= 15 is 0 Å². The van der Waals surface area contributed by atoms with Crippen molar-refractivity contribution in [3.63, 3.8) is 0 Å². The molecule has 1 aliphatic rings. The van der Waals surface area contributed by atoms with Crippen molar-refractivity contribution in [1.29, 1.82) is 0 Å². The molecule has 0 spiro atoms. The van der Waals surface area contributed by atoms with Gasteiger partial charge >= 0.3 is 24.3 Å². The van der Waals surface area contributed by atoms with Crippen molar-refractivity contribution in [3.05, 3.63) is 29.8 Å². The molecule has 1 heterocycles. The van der Waals surface area contributed by atoms with Crippen LogP contribution >= 0.6 is 0 Å². The summed E-state index contributed by atoms with van der Waals surface area (Å²) in [6.07, 6.45) is -11.9. The monoisotopic (exact) mass is 516 g/mol. The standard InChI is InChI=1S/C21H26F6N2O6/c1-5-34-16(30)14-13(11-7-9-12(10-8-11)29(3)4)15(17(31)35-6-2)19(33,21(25,26)27)28-18(14,32)20(22,23)24/h7-10,13-15,28,32-33H,5-6H2,1-4H3/t13?,14-,15+,18-,19-/m1/s1. The lowest BCUT2D eigenvalue weighted by Gasteiger charge is -2.54. The molecule has 0 aromatic heterocycles. The van der Waals surface area contributed by atoms with Crippen molar-refractivity contribution in [2.75, 3.05) is 32.2 Å². The number of piperidine rings is 1. The first-order valence-electron chi connectivity index (χ1n) is 10.4. The Morgan fingerprint density at radius 2 is 1.26 bits per heavy atom. The van der Waals surface area contributed by atoms with Crippen LogP contribution in [0.4, 0.5) is 32.0 Å².